The van der Waals surface area contributed by atoms with E-state index in [1.165, 1.54) is 0 Å². The van der Waals surface area contributed by atoms with Crippen LogP contribution >= 0.6 is 0 Å². The second kappa shape index (κ2) is 4.97. The summed E-state index contributed by atoms with van der Waals surface area (Å²) in [5.74, 6) is -0.305. The highest BCUT2D eigenvalue weighted by molar-refractivity contribution is 6.07. The maximum Gasteiger partial charge on any atom is 0.325 e. The Hall–Kier alpha value is -2.35. The molecule has 1 aliphatic heterocycles. The number of nitrogens with zero attached hydrogens (tertiary/aromatic N) is 2. The number of amides is 3. The predicted molar refractivity (Wildman–Crippen MR) is 73.7 cm³/mol. The number of nitriles is 1. The van der Waals surface area contributed by atoms with Crippen molar-refractivity contribution in [3.05, 3.63) is 34.9 Å². The second-order valence-corrected chi connectivity index (χ2v) is 5.22. The maximum absolute atomic E-state index is 12.5. The number of rotatable bonds is 3. The fraction of sp³-hybridized carbons (Fsp3) is 0.400. The fourth-order valence-electron chi connectivity index (χ4n) is 2.31. The van der Waals surface area contributed by atoms with Crippen molar-refractivity contribution in [3.63, 3.8) is 0 Å². The van der Waals surface area contributed by atoms with E-state index < -0.39 is 11.6 Å². The maximum atomic E-state index is 12.5. The molecular formula is C15H17N3O2. The first-order valence-electron chi connectivity index (χ1n) is 6.49. The van der Waals surface area contributed by atoms with E-state index in [0.717, 1.165) is 21.6 Å². The summed E-state index contributed by atoms with van der Waals surface area (Å²) in [6, 6.07) is 7.22. The van der Waals surface area contributed by atoms with Crippen LogP contribution in [0.5, 0.6) is 0 Å². The van der Waals surface area contributed by atoms with Gasteiger partial charge >= 0.3 is 6.03 Å². The Labute approximate surface area is 118 Å². The quantitative estimate of drug-likeness (QED) is 0.854. The molecule has 0 aliphatic carbocycles. The highest BCUT2D eigenvalue weighted by Gasteiger charge is 2.48. The molecule has 1 aromatic carbocycles. The van der Waals surface area contributed by atoms with Crippen molar-refractivity contribution in [3.8, 4) is 6.07 Å². The zero-order valence-corrected chi connectivity index (χ0v) is 11.9. The first-order chi connectivity index (χ1) is 9.40. The van der Waals surface area contributed by atoms with Gasteiger partial charge in [-0.1, -0.05) is 18.2 Å². The molecule has 2 rings (SSSR count). The molecule has 0 radical (unpaired) electrons. The molecule has 5 heteroatoms. The van der Waals surface area contributed by atoms with Crippen LogP contribution in [0, 0.1) is 25.2 Å². The van der Waals surface area contributed by atoms with Crippen molar-refractivity contribution in [2.24, 2.45) is 0 Å². The summed E-state index contributed by atoms with van der Waals surface area (Å²) < 4.78 is 0. The topological polar surface area (TPSA) is 73.2 Å². The van der Waals surface area contributed by atoms with Crippen LogP contribution in [0.2, 0.25) is 0 Å². The van der Waals surface area contributed by atoms with E-state index in [9.17, 15) is 9.59 Å². The number of hydrogen-bond acceptors (Lipinski definition) is 3. The highest BCUT2D eigenvalue weighted by atomic mass is 16.2. The molecular weight excluding hydrogens is 254 g/mol. The Morgan fingerprint density at radius 1 is 1.30 bits per heavy atom. The van der Waals surface area contributed by atoms with Gasteiger partial charge in [-0.15, -0.1) is 0 Å². The minimum absolute atomic E-state index is 0.127. The molecule has 0 spiro atoms. The third-order valence-corrected chi connectivity index (χ3v) is 3.81. The lowest BCUT2D eigenvalue weighted by molar-refractivity contribution is -0.131. The van der Waals surface area contributed by atoms with Gasteiger partial charge in [0, 0.05) is 6.54 Å². The van der Waals surface area contributed by atoms with Crippen molar-refractivity contribution in [2.45, 2.75) is 32.7 Å². The van der Waals surface area contributed by atoms with Crippen molar-refractivity contribution in [1.29, 1.82) is 5.26 Å². The molecule has 1 N–H and O–H groups in total. The molecule has 0 bridgehead atoms. The molecule has 1 heterocycles. The number of aryl methyl sites for hydroxylation is 2. The Morgan fingerprint density at radius 2 is 2.00 bits per heavy atom. The second-order valence-electron chi connectivity index (χ2n) is 5.22. The van der Waals surface area contributed by atoms with Gasteiger partial charge in [0.15, 0.2) is 0 Å². The minimum Gasteiger partial charge on any atom is -0.319 e. The predicted octanol–water partition coefficient (Wildman–Crippen LogP) is 1.98. The van der Waals surface area contributed by atoms with Gasteiger partial charge in [-0.25, -0.2) is 4.79 Å². The van der Waals surface area contributed by atoms with Crippen LogP contribution in [-0.2, 0) is 10.3 Å². The van der Waals surface area contributed by atoms with Crippen LogP contribution in [-0.4, -0.2) is 23.4 Å². The standard InChI is InChI=1S/C15H17N3O2/c1-10-5-6-12(9-11(10)2)15(3)13(19)18(8-4-7-16)14(20)17-15/h5-6,9H,4,8H2,1-3H3,(H,17,20). The van der Waals surface area contributed by atoms with E-state index in [1.807, 2.05) is 38.1 Å². The normalized spacial score (nSPS) is 21.8. The van der Waals surface area contributed by atoms with Crippen LogP contribution < -0.4 is 5.32 Å². The number of hydrogen-bond donors (Lipinski definition) is 1. The number of nitrogens with one attached hydrogen (secondary N) is 1. The number of carbonyl (C=O) groups is 2. The third kappa shape index (κ3) is 2.14. The summed E-state index contributed by atoms with van der Waals surface area (Å²) in [7, 11) is 0. The molecule has 0 saturated carbocycles. The Bertz CT molecular complexity index is 618. The van der Waals surface area contributed by atoms with Crippen molar-refractivity contribution in [2.75, 3.05) is 6.54 Å². The third-order valence-electron chi connectivity index (χ3n) is 3.81. The van der Waals surface area contributed by atoms with Gasteiger partial charge in [0.05, 0.1) is 12.5 Å². The van der Waals surface area contributed by atoms with E-state index in [0.29, 0.717) is 0 Å². The zero-order valence-electron chi connectivity index (χ0n) is 11.9. The lowest BCUT2D eigenvalue weighted by Crippen LogP contribution is -2.41. The summed E-state index contributed by atoms with van der Waals surface area (Å²) in [5.41, 5.74) is 1.92. The molecule has 5 nitrogen and oxygen atoms in total. The highest BCUT2D eigenvalue weighted by Crippen LogP contribution is 2.30. The monoisotopic (exact) mass is 271 g/mol. The van der Waals surface area contributed by atoms with E-state index in [4.69, 9.17) is 5.26 Å². The average molecular weight is 271 g/mol. The van der Waals surface area contributed by atoms with Gasteiger partial charge < -0.3 is 5.32 Å². The Kier molecular flexibility index (Phi) is 3.49. The Balaban J connectivity index is 2.36. The number of urea groups is 1. The summed E-state index contributed by atoms with van der Waals surface area (Å²) >= 11 is 0. The summed E-state index contributed by atoms with van der Waals surface area (Å²) in [6.45, 7) is 5.79. The van der Waals surface area contributed by atoms with Crippen LogP contribution in [0.3, 0.4) is 0 Å². The molecule has 104 valence electrons. The SMILES string of the molecule is Cc1ccc(C2(C)NC(=O)N(CCC#N)C2=O)cc1C. The van der Waals surface area contributed by atoms with Crippen molar-refractivity contribution >= 4 is 11.9 Å². The van der Waals surface area contributed by atoms with Gasteiger partial charge in [-0.2, -0.15) is 5.26 Å². The van der Waals surface area contributed by atoms with E-state index in [-0.39, 0.29) is 18.9 Å². The molecule has 20 heavy (non-hydrogen) atoms. The number of imide groups is 1. The average Bonchev–Trinajstić information content (AvgIpc) is 2.62. The van der Waals surface area contributed by atoms with Gasteiger partial charge in [0.2, 0.25) is 0 Å². The molecule has 1 atom stereocenters. The molecule has 3 amide bonds. The lowest BCUT2D eigenvalue weighted by atomic mass is 9.90. The number of benzene rings is 1. The first-order valence-corrected chi connectivity index (χ1v) is 6.49. The molecule has 1 aromatic rings. The fourth-order valence-corrected chi connectivity index (χ4v) is 2.31. The van der Waals surface area contributed by atoms with Crippen molar-refractivity contribution in [1.82, 2.24) is 10.2 Å². The lowest BCUT2D eigenvalue weighted by Gasteiger charge is -2.23. The summed E-state index contributed by atoms with van der Waals surface area (Å²) in [6.07, 6.45) is 0.141. The van der Waals surface area contributed by atoms with Crippen LogP contribution in [0.25, 0.3) is 0 Å². The molecule has 1 saturated heterocycles. The van der Waals surface area contributed by atoms with Gasteiger partial charge in [0.25, 0.3) is 5.91 Å². The van der Waals surface area contributed by atoms with E-state index in [1.54, 1.807) is 6.92 Å². The largest absolute Gasteiger partial charge is 0.325 e. The zero-order chi connectivity index (χ0) is 14.9. The number of carbonyl (C=O) groups excluding carboxylic acids is 2. The van der Waals surface area contributed by atoms with E-state index in [2.05, 4.69) is 5.32 Å². The molecule has 0 aromatic heterocycles. The van der Waals surface area contributed by atoms with Gasteiger partial charge in [-0.3, -0.25) is 9.69 Å². The van der Waals surface area contributed by atoms with Crippen molar-refractivity contribution < 1.29 is 9.59 Å². The molecule has 1 aliphatic rings. The molecule has 1 unspecified atom stereocenters. The van der Waals surface area contributed by atoms with Crippen LogP contribution in [0.4, 0.5) is 4.79 Å². The molecule has 1 fully saturated rings. The first kappa shape index (κ1) is 14.1. The summed E-state index contributed by atoms with van der Waals surface area (Å²) in [4.78, 5) is 25.5. The van der Waals surface area contributed by atoms with Gasteiger partial charge in [0.1, 0.15) is 5.54 Å². The van der Waals surface area contributed by atoms with Crippen LogP contribution in [0.1, 0.15) is 30.0 Å². The Morgan fingerprint density at radius 3 is 2.60 bits per heavy atom. The summed E-state index contributed by atoms with van der Waals surface area (Å²) in [5, 5.41) is 11.3. The van der Waals surface area contributed by atoms with Crippen LogP contribution in [0.15, 0.2) is 18.2 Å². The van der Waals surface area contributed by atoms with Gasteiger partial charge in [-0.05, 0) is 37.5 Å². The smallest absolute Gasteiger partial charge is 0.319 e. The minimum atomic E-state index is -1.05. The van der Waals surface area contributed by atoms with E-state index >= 15 is 0 Å².